The smallest absolute Gasteiger partial charge is 0.326 e. The molecule has 0 aromatic carbocycles. The van der Waals surface area contributed by atoms with E-state index in [4.69, 9.17) is 5.11 Å². The first-order valence-electron chi connectivity index (χ1n) is 5.49. The summed E-state index contributed by atoms with van der Waals surface area (Å²) in [6.45, 7) is 3.61. The summed E-state index contributed by atoms with van der Waals surface area (Å²) in [6.07, 6.45) is 3.25. The number of carboxylic acids is 1. The minimum absolute atomic E-state index is 0.0615. The first-order chi connectivity index (χ1) is 6.96. The van der Waals surface area contributed by atoms with Gasteiger partial charge in [-0.25, -0.2) is 4.79 Å². The van der Waals surface area contributed by atoms with E-state index in [1.807, 2.05) is 0 Å². The van der Waals surface area contributed by atoms with Crippen LogP contribution in [0.3, 0.4) is 0 Å². The van der Waals surface area contributed by atoms with Crippen LogP contribution in [-0.2, 0) is 9.59 Å². The van der Waals surface area contributed by atoms with E-state index in [1.165, 1.54) is 0 Å². The van der Waals surface area contributed by atoms with Gasteiger partial charge in [0.2, 0.25) is 5.91 Å². The molecule has 0 heterocycles. The maximum absolute atomic E-state index is 11.7. The Kier molecular flexibility index (Phi) is 2.24. The molecule has 2 atom stereocenters. The fourth-order valence-electron chi connectivity index (χ4n) is 2.20. The van der Waals surface area contributed by atoms with Gasteiger partial charge < -0.3 is 10.4 Å². The van der Waals surface area contributed by atoms with Gasteiger partial charge in [-0.1, -0.05) is 13.8 Å². The lowest BCUT2D eigenvalue weighted by molar-refractivity contribution is -0.143. The Morgan fingerprint density at radius 3 is 2.33 bits per heavy atom. The number of hydrogen-bond donors (Lipinski definition) is 2. The number of amides is 1. The van der Waals surface area contributed by atoms with E-state index < -0.39 is 12.0 Å². The third-order valence-corrected chi connectivity index (χ3v) is 3.63. The maximum atomic E-state index is 11.7. The Bertz CT molecular complexity index is 307. The molecular weight excluding hydrogens is 194 g/mol. The molecule has 2 aliphatic rings. The molecule has 4 nitrogen and oxygen atoms in total. The average molecular weight is 211 g/mol. The summed E-state index contributed by atoms with van der Waals surface area (Å²) in [5, 5.41) is 11.6. The van der Waals surface area contributed by atoms with E-state index >= 15 is 0 Å². The summed E-state index contributed by atoms with van der Waals surface area (Å²) in [7, 11) is 0. The van der Waals surface area contributed by atoms with E-state index in [0.29, 0.717) is 5.41 Å². The Morgan fingerprint density at radius 2 is 2.00 bits per heavy atom. The van der Waals surface area contributed by atoms with Gasteiger partial charge in [-0.15, -0.1) is 0 Å². The molecule has 0 saturated heterocycles. The van der Waals surface area contributed by atoms with Crippen molar-refractivity contribution in [1.29, 1.82) is 0 Å². The number of carbonyl (C=O) groups excluding carboxylic acids is 1. The Labute approximate surface area is 89.0 Å². The van der Waals surface area contributed by atoms with E-state index in [9.17, 15) is 9.59 Å². The zero-order valence-corrected chi connectivity index (χ0v) is 9.12. The number of carbonyl (C=O) groups is 2. The van der Waals surface area contributed by atoms with Gasteiger partial charge >= 0.3 is 5.97 Å². The first-order valence-corrected chi connectivity index (χ1v) is 5.49. The van der Waals surface area contributed by atoms with E-state index in [0.717, 1.165) is 19.3 Å². The topological polar surface area (TPSA) is 66.4 Å². The third kappa shape index (κ3) is 1.85. The molecule has 15 heavy (non-hydrogen) atoms. The highest BCUT2D eigenvalue weighted by Crippen LogP contribution is 2.70. The second-order valence-corrected chi connectivity index (χ2v) is 5.19. The van der Waals surface area contributed by atoms with Crippen LogP contribution in [0.15, 0.2) is 0 Å². The fourth-order valence-corrected chi connectivity index (χ4v) is 2.20. The highest BCUT2D eigenvalue weighted by atomic mass is 16.4. The van der Waals surface area contributed by atoms with Crippen LogP contribution in [0.4, 0.5) is 0 Å². The van der Waals surface area contributed by atoms with Crippen molar-refractivity contribution >= 4 is 11.9 Å². The molecule has 0 aromatic rings. The second kappa shape index (κ2) is 3.22. The van der Waals surface area contributed by atoms with Crippen molar-refractivity contribution in [2.75, 3.05) is 0 Å². The van der Waals surface area contributed by atoms with Gasteiger partial charge in [-0.05, 0) is 30.6 Å². The molecule has 2 N–H and O–H groups in total. The number of carboxylic acid groups (broad SMARTS) is 1. The molecule has 1 amide bonds. The van der Waals surface area contributed by atoms with E-state index in [-0.39, 0.29) is 17.7 Å². The zero-order chi connectivity index (χ0) is 11.2. The molecule has 0 aliphatic heterocycles. The summed E-state index contributed by atoms with van der Waals surface area (Å²) in [5.41, 5.74) is 0.296. The van der Waals surface area contributed by atoms with Crippen LogP contribution < -0.4 is 5.32 Å². The van der Waals surface area contributed by atoms with Crippen LogP contribution in [0.25, 0.3) is 0 Å². The lowest BCUT2D eigenvalue weighted by Crippen LogP contribution is -2.45. The van der Waals surface area contributed by atoms with Gasteiger partial charge in [0.25, 0.3) is 0 Å². The number of nitrogens with one attached hydrogen (secondary N) is 1. The molecule has 2 saturated carbocycles. The van der Waals surface area contributed by atoms with Crippen molar-refractivity contribution in [2.24, 2.45) is 17.3 Å². The van der Waals surface area contributed by atoms with Gasteiger partial charge in [0.15, 0.2) is 0 Å². The SMILES string of the molecule is CC(C)[C@@H](NC(=O)C1CC12CC2)C(=O)O. The Balaban J connectivity index is 1.89. The highest BCUT2D eigenvalue weighted by molar-refractivity contribution is 5.88. The standard InChI is InChI=1S/C11H17NO3/c1-6(2)8(10(14)15)12-9(13)7-5-11(7)3-4-11/h6-8H,3-5H2,1-2H3,(H,12,13)(H,14,15)/t7?,8-/m1/s1. The summed E-state index contributed by atoms with van der Waals surface area (Å²) >= 11 is 0. The molecule has 4 heteroatoms. The summed E-state index contributed by atoms with van der Waals surface area (Å²) in [5.74, 6) is -0.976. The maximum Gasteiger partial charge on any atom is 0.326 e. The summed E-state index contributed by atoms with van der Waals surface area (Å²) in [4.78, 5) is 22.6. The number of aliphatic carboxylic acids is 1. The molecule has 0 aromatic heterocycles. The molecule has 84 valence electrons. The zero-order valence-electron chi connectivity index (χ0n) is 9.12. The lowest BCUT2D eigenvalue weighted by atomic mass is 10.0. The Morgan fingerprint density at radius 1 is 1.40 bits per heavy atom. The van der Waals surface area contributed by atoms with Crippen molar-refractivity contribution in [3.63, 3.8) is 0 Å². The highest BCUT2D eigenvalue weighted by Gasteiger charge is 2.65. The molecule has 0 radical (unpaired) electrons. The number of hydrogen-bond acceptors (Lipinski definition) is 2. The van der Waals surface area contributed by atoms with Crippen LogP contribution in [0.2, 0.25) is 0 Å². The second-order valence-electron chi connectivity index (χ2n) is 5.19. The average Bonchev–Trinajstić information content (AvgIpc) is 3.02. The van der Waals surface area contributed by atoms with Gasteiger partial charge in [-0.3, -0.25) is 4.79 Å². The minimum Gasteiger partial charge on any atom is -0.480 e. The first kappa shape index (κ1) is 10.5. The van der Waals surface area contributed by atoms with Gasteiger partial charge in [0, 0.05) is 5.92 Å². The van der Waals surface area contributed by atoms with E-state index in [2.05, 4.69) is 5.32 Å². The van der Waals surface area contributed by atoms with Crippen LogP contribution >= 0.6 is 0 Å². The summed E-state index contributed by atoms with van der Waals surface area (Å²) in [6, 6.07) is -0.742. The van der Waals surface area contributed by atoms with Crippen molar-refractivity contribution in [3.8, 4) is 0 Å². The predicted octanol–water partition coefficient (Wildman–Crippen LogP) is 1.01. The van der Waals surface area contributed by atoms with Crippen LogP contribution in [0.1, 0.15) is 33.1 Å². The van der Waals surface area contributed by atoms with Crippen molar-refractivity contribution in [1.82, 2.24) is 5.32 Å². The molecule has 0 bridgehead atoms. The predicted molar refractivity (Wildman–Crippen MR) is 54.2 cm³/mol. The quantitative estimate of drug-likeness (QED) is 0.729. The van der Waals surface area contributed by atoms with Crippen LogP contribution in [0, 0.1) is 17.3 Å². The molecule has 2 rings (SSSR count). The molecule has 2 fully saturated rings. The third-order valence-electron chi connectivity index (χ3n) is 3.63. The van der Waals surface area contributed by atoms with Crippen molar-refractivity contribution in [2.45, 2.75) is 39.2 Å². The monoisotopic (exact) mass is 211 g/mol. The van der Waals surface area contributed by atoms with Gasteiger partial charge in [-0.2, -0.15) is 0 Å². The van der Waals surface area contributed by atoms with Gasteiger partial charge in [0.1, 0.15) is 6.04 Å². The van der Waals surface area contributed by atoms with Crippen LogP contribution in [-0.4, -0.2) is 23.0 Å². The lowest BCUT2D eigenvalue weighted by Gasteiger charge is -2.17. The normalized spacial score (nSPS) is 27.5. The minimum atomic E-state index is -0.941. The van der Waals surface area contributed by atoms with E-state index in [1.54, 1.807) is 13.8 Å². The molecular formula is C11H17NO3. The van der Waals surface area contributed by atoms with Gasteiger partial charge in [0.05, 0.1) is 0 Å². The molecule has 1 spiro atoms. The molecule has 2 aliphatic carbocycles. The number of rotatable bonds is 4. The fraction of sp³-hybridized carbons (Fsp3) is 0.818. The van der Waals surface area contributed by atoms with Crippen molar-refractivity contribution < 1.29 is 14.7 Å². The summed E-state index contributed by atoms with van der Waals surface area (Å²) < 4.78 is 0. The van der Waals surface area contributed by atoms with Crippen molar-refractivity contribution in [3.05, 3.63) is 0 Å². The largest absolute Gasteiger partial charge is 0.480 e. The molecule has 1 unspecified atom stereocenters. The Hall–Kier alpha value is -1.06. The van der Waals surface area contributed by atoms with Crippen LogP contribution in [0.5, 0.6) is 0 Å².